The number of aryl methyl sites for hydroxylation is 2. The van der Waals surface area contributed by atoms with Crippen LogP contribution in [0.1, 0.15) is 24.0 Å². The summed E-state index contributed by atoms with van der Waals surface area (Å²) in [6, 6.07) is 6.29. The lowest BCUT2D eigenvalue weighted by Gasteiger charge is -2.29. The first-order chi connectivity index (χ1) is 7.72. The maximum Gasteiger partial charge on any atom is 0.228 e. The van der Waals surface area contributed by atoms with Crippen molar-refractivity contribution in [1.82, 2.24) is 0 Å². The van der Waals surface area contributed by atoms with E-state index in [0.29, 0.717) is 13.0 Å². The van der Waals surface area contributed by atoms with Gasteiger partial charge < -0.3 is 10.6 Å². The molecule has 86 valence electrons. The number of anilines is 1. The Labute approximate surface area is 96.2 Å². The van der Waals surface area contributed by atoms with E-state index >= 15 is 0 Å². The Hall–Kier alpha value is -1.35. The van der Waals surface area contributed by atoms with Crippen LogP contribution in [-0.2, 0) is 11.2 Å². The first-order valence-electron chi connectivity index (χ1n) is 5.82. The maximum atomic E-state index is 11.9. The molecule has 0 fully saturated rings. The molecule has 1 amide bonds. The first-order valence-corrected chi connectivity index (χ1v) is 5.82. The minimum atomic E-state index is 0.146. The van der Waals surface area contributed by atoms with E-state index in [-0.39, 0.29) is 5.91 Å². The smallest absolute Gasteiger partial charge is 0.228 e. The average Bonchev–Trinajstić information content (AvgIpc) is 2.28. The van der Waals surface area contributed by atoms with Crippen molar-refractivity contribution >= 4 is 11.6 Å². The molecule has 0 aliphatic carbocycles. The van der Waals surface area contributed by atoms with Crippen LogP contribution in [0.25, 0.3) is 0 Å². The highest BCUT2D eigenvalue weighted by Crippen LogP contribution is 2.28. The molecule has 1 aromatic rings. The van der Waals surface area contributed by atoms with Crippen molar-refractivity contribution < 1.29 is 4.79 Å². The van der Waals surface area contributed by atoms with Crippen molar-refractivity contribution in [3.63, 3.8) is 0 Å². The van der Waals surface area contributed by atoms with Gasteiger partial charge in [-0.1, -0.05) is 17.7 Å². The van der Waals surface area contributed by atoms with Gasteiger partial charge in [0, 0.05) is 25.2 Å². The first kappa shape index (κ1) is 11.1. The average molecular weight is 218 g/mol. The highest BCUT2D eigenvalue weighted by molar-refractivity contribution is 5.94. The third-order valence-electron chi connectivity index (χ3n) is 3.01. The number of amides is 1. The zero-order valence-electron chi connectivity index (χ0n) is 9.70. The Morgan fingerprint density at radius 1 is 1.50 bits per heavy atom. The molecule has 0 bridgehead atoms. The largest absolute Gasteiger partial charge is 0.330 e. The van der Waals surface area contributed by atoms with E-state index in [1.807, 2.05) is 4.90 Å². The molecule has 1 heterocycles. The third kappa shape index (κ3) is 2.09. The highest BCUT2D eigenvalue weighted by atomic mass is 16.2. The van der Waals surface area contributed by atoms with E-state index < -0.39 is 0 Å². The molecule has 0 radical (unpaired) electrons. The van der Waals surface area contributed by atoms with Crippen molar-refractivity contribution in [1.29, 1.82) is 0 Å². The van der Waals surface area contributed by atoms with E-state index in [2.05, 4.69) is 25.1 Å². The zero-order valence-corrected chi connectivity index (χ0v) is 9.70. The Morgan fingerprint density at radius 2 is 2.31 bits per heavy atom. The van der Waals surface area contributed by atoms with Gasteiger partial charge in [0.1, 0.15) is 0 Å². The number of hydrogen-bond acceptors (Lipinski definition) is 2. The second-order valence-electron chi connectivity index (χ2n) is 4.32. The third-order valence-corrected chi connectivity index (χ3v) is 3.01. The molecule has 1 aromatic carbocycles. The van der Waals surface area contributed by atoms with Crippen LogP contribution in [0.2, 0.25) is 0 Å². The minimum Gasteiger partial charge on any atom is -0.330 e. The molecule has 2 rings (SSSR count). The van der Waals surface area contributed by atoms with Gasteiger partial charge in [0.05, 0.1) is 0 Å². The zero-order chi connectivity index (χ0) is 11.5. The van der Waals surface area contributed by atoms with Crippen molar-refractivity contribution in [2.75, 3.05) is 18.0 Å². The summed E-state index contributed by atoms with van der Waals surface area (Å²) in [5.41, 5.74) is 9.06. The van der Waals surface area contributed by atoms with Gasteiger partial charge in [0.2, 0.25) is 5.91 Å². The van der Waals surface area contributed by atoms with Crippen LogP contribution < -0.4 is 10.6 Å². The molecule has 0 unspecified atom stereocenters. The SMILES string of the molecule is Cc1ccc2c(c1)CCCN2C(=O)CCN. The Morgan fingerprint density at radius 3 is 3.06 bits per heavy atom. The molecule has 0 aromatic heterocycles. The van der Waals surface area contributed by atoms with Crippen molar-refractivity contribution in [3.8, 4) is 0 Å². The number of nitrogens with zero attached hydrogens (tertiary/aromatic N) is 1. The monoisotopic (exact) mass is 218 g/mol. The molecule has 16 heavy (non-hydrogen) atoms. The van der Waals surface area contributed by atoms with Crippen molar-refractivity contribution in [3.05, 3.63) is 29.3 Å². The normalized spacial score (nSPS) is 14.8. The summed E-state index contributed by atoms with van der Waals surface area (Å²) in [7, 11) is 0. The highest BCUT2D eigenvalue weighted by Gasteiger charge is 2.21. The van der Waals surface area contributed by atoms with Crippen LogP contribution >= 0.6 is 0 Å². The van der Waals surface area contributed by atoms with Gasteiger partial charge in [-0.05, 0) is 31.4 Å². The number of benzene rings is 1. The van der Waals surface area contributed by atoms with Gasteiger partial charge >= 0.3 is 0 Å². The van der Waals surface area contributed by atoms with E-state index in [1.54, 1.807) is 0 Å². The summed E-state index contributed by atoms with van der Waals surface area (Å²) in [4.78, 5) is 13.8. The van der Waals surface area contributed by atoms with E-state index in [4.69, 9.17) is 5.73 Å². The fourth-order valence-electron chi connectivity index (χ4n) is 2.24. The number of nitrogens with two attached hydrogens (primary N) is 1. The lowest BCUT2D eigenvalue weighted by molar-refractivity contribution is -0.118. The van der Waals surface area contributed by atoms with Crippen molar-refractivity contribution in [2.24, 2.45) is 5.73 Å². The molecule has 3 heteroatoms. The number of hydrogen-bond donors (Lipinski definition) is 1. The van der Waals surface area contributed by atoms with Crippen LogP contribution in [0.15, 0.2) is 18.2 Å². The standard InChI is InChI=1S/C13H18N2O/c1-10-4-5-12-11(9-10)3-2-8-15(12)13(16)6-7-14/h4-5,9H,2-3,6-8,14H2,1H3. The minimum absolute atomic E-state index is 0.146. The molecule has 2 N–H and O–H groups in total. The van der Waals surface area contributed by atoms with Crippen LogP contribution in [0.4, 0.5) is 5.69 Å². The molecule has 0 atom stereocenters. The van der Waals surface area contributed by atoms with Gasteiger partial charge in [0.25, 0.3) is 0 Å². The van der Waals surface area contributed by atoms with Gasteiger partial charge in [-0.15, -0.1) is 0 Å². The summed E-state index contributed by atoms with van der Waals surface area (Å²) in [6.45, 7) is 3.34. The number of rotatable bonds is 2. The molecule has 0 saturated heterocycles. The van der Waals surface area contributed by atoms with E-state index in [1.165, 1.54) is 11.1 Å². The Balaban J connectivity index is 2.29. The topological polar surface area (TPSA) is 46.3 Å². The molecular weight excluding hydrogens is 200 g/mol. The van der Waals surface area contributed by atoms with Crippen LogP contribution in [0.3, 0.4) is 0 Å². The summed E-state index contributed by atoms with van der Waals surface area (Å²) in [6.07, 6.45) is 2.56. The van der Waals surface area contributed by atoms with E-state index in [9.17, 15) is 4.79 Å². The number of carbonyl (C=O) groups is 1. The van der Waals surface area contributed by atoms with Gasteiger partial charge in [-0.25, -0.2) is 0 Å². The maximum absolute atomic E-state index is 11.9. The van der Waals surface area contributed by atoms with Gasteiger partial charge in [0.15, 0.2) is 0 Å². The predicted octanol–water partition coefficient (Wildman–Crippen LogP) is 1.62. The van der Waals surface area contributed by atoms with Crippen LogP contribution in [-0.4, -0.2) is 19.0 Å². The quantitative estimate of drug-likeness (QED) is 0.820. The van der Waals surface area contributed by atoms with Crippen LogP contribution in [0.5, 0.6) is 0 Å². The predicted molar refractivity (Wildman–Crippen MR) is 65.5 cm³/mol. The summed E-state index contributed by atoms with van der Waals surface area (Å²) >= 11 is 0. The fourth-order valence-corrected chi connectivity index (χ4v) is 2.24. The Bertz CT molecular complexity index is 401. The summed E-state index contributed by atoms with van der Waals surface area (Å²) < 4.78 is 0. The molecule has 0 spiro atoms. The van der Waals surface area contributed by atoms with Crippen molar-refractivity contribution in [2.45, 2.75) is 26.2 Å². The molecule has 0 saturated carbocycles. The molecule has 1 aliphatic rings. The lowest BCUT2D eigenvalue weighted by Crippen LogP contribution is -2.36. The number of carbonyl (C=O) groups excluding carboxylic acids is 1. The molecule has 1 aliphatic heterocycles. The summed E-state index contributed by atoms with van der Waals surface area (Å²) in [5, 5.41) is 0. The molecular formula is C13H18N2O. The second-order valence-corrected chi connectivity index (χ2v) is 4.32. The molecule has 3 nitrogen and oxygen atoms in total. The van der Waals surface area contributed by atoms with E-state index in [0.717, 1.165) is 25.1 Å². The lowest BCUT2D eigenvalue weighted by atomic mass is 9.99. The summed E-state index contributed by atoms with van der Waals surface area (Å²) in [5.74, 6) is 0.146. The van der Waals surface area contributed by atoms with Gasteiger partial charge in [-0.2, -0.15) is 0 Å². The second kappa shape index (κ2) is 4.66. The fraction of sp³-hybridized carbons (Fsp3) is 0.462. The Kier molecular flexibility index (Phi) is 3.25. The van der Waals surface area contributed by atoms with Gasteiger partial charge in [-0.3, -0.25) is 4.79 Å². The van der Waals surface area contributed by atoms with Crippen LogP contribution in [0, 0.1) is 6.92 Å². The number of fused-ring (bicyclic) bond motifs is 1.